The van der Waals surface area contributed by atoms with Crippen molar-refractivity contribution in [1.82, 2.24) is 19.8 Å². The predicted molar refractivity (Wildman–Crippen MR) is 141 cm³/mol. The van der Waals surface area contributed by atoms with Gasteiger partial charge in [-0.1, -0.05) is 42.5 Å². The van der Waals surface area contributed by atoms with Crippen molar-refractivity contribution in [2.45, 2.75) is 39.4 Å². The summed E-state index contributed by atoms with van der Waals surface area (Å²) in [6, 6.07) is 24.9. The van der Waals surface area contributed by atoms with Crippen molar-refractivity contribution in [1.29, 1.82) is 0 Å². The van der Waals surface area contributed by atoms with Crippen LogP contribution in [0.3, 0.4) is 0 Å². The molecule has 3 aromatic carbocycles. The lowest BCUT2D eigenvalue weighted by atomic mass is 10.2. The van der Waals surface area contributed by atoms with Crippen molar-refractivity contribution in [3.05, 3.63) is 95.8 Å². The lowest BCUT2D eigenvalue weighted by Gasteiger charge is -2.27. The van der Waals surface area contributed by atoms with Crippen LogP contribution in [0, 0.1) is 0 Å². The van der Waals surface area contributed by atoms with Gasteiger partial charge in [0.15, 0.2) is 0 Å². The Bertz CT molecular complexity index is 1310. The fraction of sp³-hybridized carbons (Fsp3) is 0.276. The second-order valence-corrected chi connectivity index (χ2v) is 8.94. The van der Waals surface area contributed by atoms with Gasteiger partial charge in [-0.2, -0.15) is 0 Å². The third kappa shape index (κ3) is 5.92. The second kappa shape index (κ2) is 11.5. The van der Waals surface area contributed by atoms with Crippen LogP contribution >= 0.6 is 0 Å². The van der Waals surface area contributed by atoms with Crippen molar-refractivity contribution in [2.24, 2.45) is 0 Å². The van der Waals surface area contributed by atoms with Gasteiger partial charge in [-0.3, -0.25) is 9.59 Å². The molecule has 0 aliphatic heterocycles. The molecular weight excluding hydrogens is 452 g/mol. The Morgan fingerprint density at radius 1 is 0.972 bits per heavy atom. The van der Waals surface area contributed by atoms with E-state index in [4.69, 9.17) is 9.72 Å². The minimum Gasteiger partial charge on any atom is -0.497 e. The molecule has 0 saturated heterocycles. The minimum absolute atomic E-state index is 0.0283. The lowest BCUT2D eigenvalue weighted by molar-refractivity contribution is -0.134. The molecule has 7 heteroatoms. The summed E-state index contributed by atoms with van der Waals surface area (Å²) in [7, 11) is 1.59. The minimum atomic E-state index is -0.162. The van der Waals surface area contributed by atoms with E-state index < -0.39 is 0 Å². The third-order valence-electron chi connectivity index (χ3n) is 6.15. The number of fused-ring (bicyclic) bond motifs is 1. The summed E-state index contributed by atoms with van der Waals surface area (Å²) in [6.45, 7) is 5.20. The summed E-state index contributed by atoms with van der Waals surface area (Å²) in [4.78, 5) is 32.7. The zero-order chi connectivity index (χ0) is 25.5. The number of amides is 2. The number of benzene rings is 3. The zero-order valence-electron chi connectivity index (χ0n) is 21.0. The van der Waals surface area contributed by atoms with E-state index in [0.29, 0.717) is 30.8 Å². The number of nitrogens with zero attached hydrogens (tertiary/aromatic N) is 3. The van der Waals surface area contributed by atoms with Gasteiger partial charge in [0.05, 0.1) is 18.1 Å². The number of hydrogen-bond acceptors (Lipinski definition) is 4. The summed E-state index contributed by atoms with van der Waals surface area (Å²) in [5.41, 5.74) is 3.40. The molecule has 7 nitrogen and oxygen atoms in total. The summed E-state index contributed by atoms with van der Waals surface area (Å²) in [5, 5.41) is 2.96. The number of ether oxygens (including phenoxy) is 1. The highest BCUT2D eigenvalue weighted by Crippen LogP contribution is 2.18. The molecule has 0 radical (unpaired) electrons. The third-order valence-corrected chi connectivity index (χ3v) is 6.15. The van der Waals surface area contributed by atoms with Crippen LogP contribution in [0.1, 0.15) is 35.6 Å². The summed E-state index contributed by atoms with van der Waals surface area (Å²) < 4.78 is 7.12. The molecule has 2 amide bonds. The number of para-hydroxylation sites is 2. The van der Waals surface area contributed by atoms with E-state index in [1.54, 1.807) is 31.4 Å². The van der Waals surface area contributed by atoms with E-state index in [2.05, 4.69) is 5.32 Å². The molecule has 0 bridgehead atoms. The normalized spacial score (nSPS) is 11.0. The van der Waals surface area contributed by atoms with Gasteiger partial charge < -0.3 is 19.5 Å². The highest BCUT2D eigenvalue weighted by Gasteiger charge is 2.21. The number of nitrogens with one attached hydrogen (secondary N) is 1. The molecule has 36 heavy (non-hydrogen) atoms. The number of rotatable bonds is 10. The van der Waals surface area contributed by atoms with E-state index in [-0.39, 0.29) is 24.4 Å². The van der Waals surface area contributed by atoms with Gasteiger partial charge in [-0.15, -0.1) is 0 Å². The van der Waals surface area contributed by atoms with Gasteiger partial charge in [-0.25, -0.2) is 4.98 Å². The van der Waals surface area contributed by atoms with Crippen molar-refractivity contribution in [3.63, 3.8) is 0 Å². The largest absolute Gasteiger partial charge is 0.497 e. The Balaban J connectivity index is 1.48. The molecule has 186 valence electrons. The molecule has 1 N–H and O–H groups in total. The van der Waals surface area contributed by atoms with Crippen molar-refractivity contribution >= 4 is 22.8 Å². The fourth-order valence-electron chi connectivity index (χ4n) is 4.19. The number of methoxy groups -OCH3 is 1. The van der Waals surface area contributed by atoms with Crippen LogP contribution in [0.4, 0.5) is 0 Å². The van der Waals surface area contributed by atoms with E-state index in [9.17, 15) is 9.59 Å². The monoisotopic (exact) mass is 484 g/mol. The van der Waals surface area contributed by atoms with Gasteiger partial charge in [0.1, 0.15) is 18.1 Å². The van der Waals surface area contributed by atoms with E-state index in [1.165, 1.54) is 0 Å². The fourth-order valence-corrected chi connectivity index (χ4v) is 4.19. The van der Waals surface area contributed by atoms with Gasteiger partial charge in [0, 0.05) is 31.1 Å². The standard InChI is InChI=1S/C29H32N4O3/c1-21(2)32(19-22-9-5-4-6-10-22)28(34)20-33-26-12-8-7-11-25(26)31-27(33)17-18-30-29(35)23-13-15-24(36-3)16-14-23/h4-16,21H,17-20H2,1-3H3,(H,30,35). The number of carbonyl (C=O) groups excluding carboxylic acids is 2. The SMILES string of the molecule is COc1ccc(C(=O)NCCc2nc3ccccc3n2CC(=O)N(Cc2ccccc2)C(C)C)cc1. The van der Waals surface area contributed by atoms with Gasteiger partial charge in [0.2, 0.25) is 5.91 Å². The van der Waals surface area contributed by atoms with Crippen LogP contribution in [-0.4, -0.2) is 46.0 Å². The molecular formula is C29H32N4O3. The number of aromatic nitrogens is 2. The molecule has 0 aliphatic rings. The zero-order valence-corrected chi connectivity index (χ0v) is 21.0. The van der Waals surface area contributed by atoms with E-state index >= 15 is 0 Å². The molecule has 0 spiro atoms. The van der Waals surface area contributed by atoms with Crippen molar-refractivity contribution in [3.8, 4) is 5.75 Å². The maximum Gasteiger partial charge on any atom is 0.251 e. The smallest absolute Gasteiger partial charge is 0.251 e. The maximum atomic E-state index is 13.5. The summed E-state index contributed by atoms with van der Waals surface area (Å²) in [6.07, 6.45) is 0.504. The highest BCUT2D eigenvalue weighted by atomic mass is 16.5. The highest BCUT2D eigenvalue weighted by molar-refractivity contribution is 5.94. The quantitative estimate of drug-likeness (QED) is 0.361. The molecule has 0 fully saturated rings. The average Bonchev–Trinajstić information content (AvgIpc) is 3.24. The first-order valence-corrected chi connectivity index (χ1v) is 12.2. The van der Waals surface area contributed by atoms with Gasteiger partial charge in [-0.05, 0) is 55.8 Å². The molecule has 4 aromatic rings. The average molecular weight is 485 g/mol. The molecule has 0 atom stereocenters. The first-order valence-electron chi connectivity index (χ1n) is 12.2. The van der Waals surface area contributed by atoms with Crippen molar-refractivity contribution < 1.29 is 14.3 Å². The van der Waals surface area contributed by atoms with Crippen LogP contribution in [0.25, 0.3) is 11.0 Å². The molecule has 0 unspecified atom stereocenters. The lowest BCUT2D eigenvalue weighted by Crippen LogP contribution is -2.39. The Kier molecular flexibility index (Phi) is 8.00. The van der Waals surface area contributed by atoms with E-state index in [0.717, 1.165) is 22.4 Å². The predicted octanol–water partition coefficient (Wildman–Crippen LogP) is 4.45. The van der Waals surface area contributed by atoms with Crippen LogP contribution in [-0.2, 0) is 24.3 Å². The van der Waals surface area contributed by atoms with Crippen LogP contribution in [0.15, 0.2) is 78.9 Å². The molecule has 4 rings (SSSR count). The second-order valence-electron chi connectivity index (χ2n) is 8.94. The molecule has 1 heterocycles. The van der Waals surface area contributed by atoms with Gasteiger partial charge in [0.25, 0.3) is 5.91 Å². The first kappa shape index (κ1) is 25.0. The summed E-state index contributed by atoms with van der Waals surface area (Å²) in [5.74, 6) is 1.33. The number of carbonyl (C=O) groups is 2. The molecule has 0 aliphatic carbocycles. The van der Waals surface area contributed by atoms with Crippen molar-refractivity contribution in [2.75, 3.05) is 13.7 Å². The Labute approximate surface area is 211 Å². The Hall–Kier alpha value is -4.13. The summed E-state index contributed by atoms with van der Waals surface area (Å²) >= 11 is 0. The Morgan fingerprint density at radius 2 is 1.67 bits per heavy atom. The van der Waals surface area contributed by atoms with E-state index in [1.807, 2.05) is 77.9 Å². The maximum absolute atomic E-state index is 13.5. The van der Waals surface area contributed by atoms with Crippen LogP contribution in [0.5, 0.6) is 5.75 Å². The number of hydrogen-bond donors (Lipinski definition) is 1. The number of imidazole rings is 1. The first-order chi connectivity index (χ1) is 17.5. The topological polar surface area (TPSA) is 76.5 Å². The van der Waals surface area contributed by atoms with Crippen LogP contribution < -0.4 is 10.1 Å². The van der Waals surface area contributed by atoms with Crippen LogP contribution in [0.2, 0.25) is 0 Å². The Morgan fingerprint density at radius 3 is 2.36 bits per heavy atom. The van der Waals surface area contributed by atoms with Gasteiger partial charge >= 0.3 is 0 Å². The molecule has 1 aromatic heterocycles. The molecule has 0 saturated carbocycles.